The van der Waals surface area contributed by atoms with Crippen LogP contribution in [0.4, 0.5) is 0 Å². The van der Waals surface area contributed by atoms with Gasteiger partial charge in [-0.3, -0.25) is 4.68 Å². The SMILES string of the molecule is CCn1nc(C)cc1COc1cc(C#N)ccc1C. The molecule has 2 rings (SSSR count). The molecule has 98 valence electrons. The number of hydrogen-bond acceptors (Lipinski definition) is 3. The van der Waals surface area contributed by atoms with Crippen LogP contribution in [-0.4, -0.2) is 9.78 Å². The molecule has 1 aromatic carbocycles. The monoisotopic (exact) mass is 255 g/mol. The lowest BCUT2D eigenvalue weighted by Gasteiger charge is -2.10. The highest BCUT2D eigenvalue weighted by Crippen LogP contribution is 2.20. The van der Waals surface area contributed by atoms with E-state index in [9.17, 15) is 0 Å². The summed E-state index contributed by atoms with van der Waals surface area (Å²) in [5.41, 5.74) is 3.67. The van der Waals surface area contributed by atoms with Crippen LogP contribution in [0.5, 0.6) is 5.75 Å². The van der Waals surface area contributed by atoms with Crippen LogP contribution in [0.2, 0.25) is 0 Å². The van der Waals surface area contributed by atoms with Crippen molar-refractivity contribution in [2.45, 2.75) is 33.9 Å². The van der Waals surface area contributed by atoms with Gasteiger partial charge in [0.05, 0.1) is 23.0 Å². The van der Waals surface area contributed by atoms with Crippen LogP contribution < -0.4 is 4.74 Å². The fourth-order valence-electron chi connectivity index (χ4n) is 1.97. The molecule has 0 aliphatic heterocycles. The van der Waals surface area contributed by atoms with E-state index in [-0.39, 0.29) is 0 Å². The zero-order valence-corrected chi connectivity index (χ0v) is 11.5. The second-order valence-corrected chi connectivity index (χ2v) is 4.47. The van der Waals surface area contributed by atoms with E-state index in [0.29, 0.717) is 12.2 Å². The van der Waals surface area contributed by atoms with Crippen molar-refractivity contribution in [2.75, 3.05) is 0 Å². The Kier molecular flexibility index (Phi) is 3.86. The standard InChI is InChI=1S/C15H17N3O/c1-4-18-14(7-12(3)17-18)10-19-15-8-13(9-16)6-5-11(15)2/h5-8H,4,10H2,1-3H3. The van der Waals surface area contributed by atoms with E-state index >= 15 is 0 Å². The zero-order valence-electron chi connectivity index (χ0n) is 11.5. The van der Waals surface area contributed by atoms with Crippen molar-refractivity contribution in [1.29, 1.82) is 5.26 Å². The van der Waals surface area contributed by atoms with E-state index in [1.807, 2.05) is 30.7 Å². The molecule has 0 unspecified atom stereocenters. The van der Waals surface area contributed by atoms with Crippen molar-refractivity contribution in [3.8, 4) is 11.8 Å². The summed E-state index contributed by atoms with van der Waals surface area (Å²) in [4.78, 5) is 0. The molecule has 19 heavy (non-hydrogen) atoms. The first-order valence-electron chi connectivity index (χ1n) is 6.31. The summed E-state index contributed by atoms with van der Waals surface area (Å²) in [5.74, 6) is 0.751. The minimum absolute atomic E-state index is 0.463. The van der Waals surface area contributed by atoms with Crippen molar-refractivity contribution in [3.05, 3.63) is 46.8 Å². The van der Waals surface area contributed by atoms with Gasteiger partial charge in [0.25, 0.3) is 0 Å². The summed E-state index contributed by atoms with van der Waals surface area (Å²) in [7, 11) is 0. The summed E-state index contributed by atoms with van der Waals surface area (Å²) in [6, 6.07) is 9.61. The predicted molar refractivity (Wildman–Crippen MR) is 72.9 cm³/mol. The lowest BCUT2D eigenvalue weighted by molar-refractivity contribution is 0.290. The molecule has 2 aromatic rings. The van der Waals surface area contributed by atoms with Gasteiger partial charge in [0, 0.05) is 6.54 Å². The molecule has 0 saturated heterocycles. The van der Waals surface area contributed by atoms with Gasteiger partial charge in [-0.1, -0.05) is 6.07 Å². The Hall–Kier alpha value is -2.28. The topological polar surface area (TPSA) is 50.8 Å². The maximum Gasteiger partial charge on any atom is 0.130 e. The average molecular weight is 255 g/mol. The van der Waals surface area contributed by atoms with Crippen molar-refractivity contribution < 1.29 is 4.74 Å². The maximum atomic E-state index is 8.90. The van der Waals surface area contributed by atoms with Gasteiger partial charge in [0.15, 0.2) is 0 Å². The molecule has 0 atom stereocenters. The Labute approximate surface area is 113 Å². The number of ether oxygens (including phenoxy) is 1. The van der Waals surface area contributed by atoms with Crippen molar-refractivity contribution >= 4 is 0 Å². The molecule has 4 nitrogen and oxygen atoms in total. The van der Waals surface area contributed by atoms with Crippen LogP contribution >= 0.6 is 0 Å². The molecule has 0 N–H and O–H groups in total. The molecule has 0 bridgehead atoms. The van der Waals surface area contributed by atoms with E-state index < -0.39 is 0 Å². The van der Waals surface area contributed by atoms with Crippen molar-refractivity contribution in [3.63, 3.8) is 0 Å². The summed E-state index contributed by atoms with van der Waals surface area (Å²) in [6.45, 7) is 7.28. The van der Waals surface area contributed by atoms with Crippen LogP contribution in [0.1, 0.15) is 29.4 Å². The Morgan fingerprint density at radius 1 is 1.32 bits per heavy atom. The van der Waals surface area contributed by atoms with Gasteiger partial charge in [-0.25, -0.2) is 0 Å². The fraction of sp³-hybridized carbons (Fsp3) is 0.333. The average Bonchev–Trinajstić information content (AvgIpc) is 2.78. The van der Waals surface area contributed by atoms with Gasteiger partial charge in [-0.05, 0) is 44.5 Å². The highest BCUT2D eigenvalue weighted by molar-refractivity contribution is 5.41. The van der Waals surface area contributed by atoms with Crippen LogP contribution in [0.15, 0.2) is 24.3 Å². The predicted octanol–water partition coefficient (Wildman–Crippen LogP) is 2.97. The lowest BCUT2D eigenvalue weighted by atomic mass is 10.1. The van der Waals surface area contributed by atoms with E-state index in [2.05, 4.69) is 18.1 Å². The third kappa shape index (κ3) is 2.94. The highest BCUT2D eigenvalue weighted by Gasteiger charge is 2.07. The third-order valence-electron chi connectivity index (χ3n) is 2.98. The van der Waals surface area contributed by atoms with E-state index in [0.717, 1.165) is 29.2 Å². The van der Waals surface area contributed by atoms with Crippen LogP contribution in [0.25, 0.3) is 0 Å². The summed E-state index contributed by atoms with van der Waals surface area (Å²) < 4.78 is 7.74. The Balaban J connectivity index is 2.16. The molecule has 4 heteroatoms. The van der Waals surface area contributed by atoms with Crippen LogP contribution in [-0.2, 0) is 13.2 Å². The fourth-order valence-corrected chi connectivity index (χ4v) is 1.97. The van der Waals surface area contributed by atoms with Gasteiger partial charge >= 0.3 is 0 Å². The maximum absolute atomic E-state index is 8.90. The summed E-state index contributed by atoms with van der Waals surface area (Å²) in [6.07, 6.45) is 0. The largest absolute Gasteiger partial charge is 0.487 e. The quantitative estimate of drug-likeness (QED) is 0.844. The molecule has 0 fully saturated rings. The minimum atomic E-state index is 0.463. The molecular weight excluding hydrogens is 238 g/mol. The first-order valence-corrected chi connectivity index (χ1v) is 6.31. The number of benzene rings is 1. The van der Waals surface area contributed by atoms with Gasteiger partial charge in [0.1, 0.15) is 12.4 Å². The molecule has 0 aliphatic carbocycles. The van der Waals surface area contributed by atoms with Crippen LogP contribution in [0.3, 0.4) is 0 Å². The van der Waals surface area contributed by atoms with Gasteiger partial charge in [0.2, 0.25) is 0 Å². The Morgan fingerprint density at radius 2 is 2.11 bits per heavy atom. The number of nitriles is 1. The molecule has 0 spiro atoms. The molecule has 1 aromatic heterocycles. The van der Waals surface area contributed by atoms with Crippen molar-refractivity contribution in [2.24, 2.45) is 0 Å². The molecule has 0 saturated carbocycles. The zero-order chi connectivity index (χ0) is 13.8. The molecular formula is C15H17N3O. The summed E-state index contributed by atoms with van der Waals surface area (Å²) in [5, 5.41) is 13.3. The third-order valence-corrected chi connectivity index (χ3v) is 2.98. The first-order chi connectivity index (χ1) is 9.13. The Morgan fingerprint density at radius 3 is 2.79 bits per heavy atom. The smallest absolute Gasteiger partial charge is 0.130 e. The van der Waals surface area contributed by atoms with Crippen LogP contribution in [0, 0.1) is 25.2 Å². The van der Waals surface area contributed by atoms with E-state index in [1.54, 1.807) is 12.1 Å². The molecule has 0 radical (unpaired) electrons. The normalized spacial score (nSPS) is 10.2. The summed E-state index contributed by atoms with van der Waals surface area (Å²) >= 11 is 0. The van der Waals surface area contributed by atoms with Gasteiger partial charge in [-0.15, -0.1) is 0 Å². The number of nitrogens with zero attached hydrogens (tertiary/aromatic N) is 3. The molecule has 1 heterocycles. The van der Waals surface area contributed by atoms with Crippen molar-refractivity contribution in [1.82, 2.24) is 9.78 Å². The first kappa shape index (κ1) is 13.2. The van der Waals surface area contributed by atoms with E-state index in [4.69, 9.17) is 10.00 Å². The number of rotatable bonds is 4. The number of aromatic nitrogens is 2. The second kappa shape index (κ2) is 5.57. The molecule has 0 amide bonds. The number of aryl methyl sites for hydroxylation is 3. The molecule has 0 aliphatic rings. The van der Waals surface area contributed by atoms with E-state index in [1.165, 1.54) is 0 Å². The van der Waals surface area contributed by atoms with Gasteiger partial charge < -0.3 is 4.74 Å². The minimum Gasteiger partial charge on any atom is -0.487 e. The Bertz CT molecular complexity index is 623. The lowest BCUT2D eigenvalue weighted by Crippen LogP contribution is -2.06. The second-order valence-electron chi connectivity index (χ2n) is 4.47. The van der Waals surface area contributed by atoms with Gasteiger partial charge in [-0.2, -0.15) is 10.4 Å². The highest BCUT2D eigenvalue weighted by atomic mass is 16.5. The number of hydrogen-bond donors (Lipinski definition) is 0.